The molecule has 0 aromatic heterocycles. The molecule has 2 rings (SSSR count). The summed E-state index contributed by atoms with van der Waals surface area (Å²) in [6.45, 7) is 3.68. The highest BCUT2D eigenvalue weighted by Crippen LogP contribution is 2.19. The Labute approximate surface area is 118 Å². The number of piperidine rings is 1. The Morgan fingerprint density at radius 2 is 2.05 bits per heavy atom. The van der Waals surface area contributed by atoms with Gasteiger partial charge in [0.25, 0.3) is 0 Å². The third kappa shape index (κ3) is 3.81. The first-order valence-corrected chi connectivity index (χ1v) is 6.91. The lowest BCUT2D eigenvalue weighted by molar-refractivity contribution is -0.117. The molecule has 0 spiro atoms. The fourth-order valence-corrected chi connectivity index (χ4v) is 2.54. The maximum atomic E-state index is 12.0. The Bertz CT molecular complexity index is 508. The minimum atomic E-state index is -0.949. The van der Waals surface area contributed by atoms with Crippen LogP contribution in [-0.4, -0.2) is 30.1 Å². The van der Waals surface area contributed by atoms with Crippen LogP contribution in [0.2, 0.25) is 0 Å². The van der Waals surface area contributed by atoms with Gasteiger partial charge in [0.05, 0.1) is 5.56 Å². The van der Waals surface area contributed by atoms with Crippen molar-refractivity contribution in [3.8, 4) is 0 Å². The monoisotopic (exact) mass is 276 g/mol. The third-order valence-electron chi connectivity index (χ3n) is 3.67. The van der Waals surface area contributed by atoms with Gasteiger partial charge in [-0.1, -0.05) is 0 Å². The van der Waals surface area contributed by atoms with E-state index in [4.69, 9.17) is 5.11 Å². The highest BCUT2D eigenvalue weighted by molar-refractivity contribution is 5.93. The summed E-state index contributed by atoms with van der Waals surface area (Å²) in [5.74, 6) is -0.509. The Morgan fingerprint density at radius 3 is 2.65 bits per heavy atom. The van der Waals surface area contributed by atoms with E-state index in [1.807, 2.05) is 0 Å². The Morgan fingerprint density at radius 1 is 1.35 bits per heavy atom. The highest BCUT2D eigenvalue weighted by Gasteiger charge is 2.17. The van der Waals surface area contributed by atoms with Crippen LogP contribution in [0.4, 0.5) is 5.69 Å². The van der Waals surface area contributed by atoms with E-state index in [-0.39, 0.29) is 11.5 Å². The summed E-state index contributed by atoms with van der Waals surface area (Å²) in [6.07, 6.45) is 2.59. The quantitative estimate of drug-likeness (QED) is 0.786. The lowest BCUT2D eigenvalue weighted by Gasteiger charge is -2.22. The molecule has 1 saturated heterocycles. The van der Waals surface area contributed by atoms with Gasteiger partial charge in [-0.15, -0.1) is 0 Å². The van der Waals surface area contributed by atoms with Crippen molar-refractivity contribution in [3.05, 3.63) is 29.3 Å². The lowest BCUT2D eigenvalue weighted by atomic mass is 9.94. The maximum absolute atomic E-state index is 12.0. The Kier molecular flexibility index (Phi) is 4.74. The molecule has 0 saturated carbocycles. The molecule has 0 atom stereocenters. The average molecular weight is 276 g/mol. The first kappa shape index (κ1) is 14.5. The first-order chi connectivity index (χ1) is 9.56. The molecule has 5 heteroatoms. The molecule has 0 aliphatic carbocycles. The van der Waals surface area contributed by atoms with Crippen LogP contribution in [-0.2, 0) is 4.79 Å². The van der Waals surface area contributed by atoms with Crippen molar-refractivity contribution in [2.75, 3.05) is 18.4 Å². The Balaban J connectivity index is 1.93. The smallest absolute Gasteiger partial charge is 0.335 e. The van der Waals surface area contributed by atoms with Gasteiger partial charge in [-0.2, -0.15) is 0 Å². The summed E-state index contributed by atoms with van der Waals surface area (Å²) < 4.78 is 0. The summed E-state index contributed by atoms with van der Waals surface area (Å²) in [5, 5.41) is 15.1. The van der Waals surface area contributed by atoms with Crippen molar-refractivity contribution in [2.45, 2.75) is 26.2 Å². The number of nitrogens with one attached hydrogen (secondary N) is 2. The zero-order chi connectivity index (χ0) is 14.5. The Hall–Kier alpha value is -1.88. The number of rotatable bonds is 4. The molecule has 1 aliphatic rings. The number of hydrogen-bond acceptors (Lipinski definition) is 3. The maximum Gasteiger partial charge on any atom is 0.335 e. The normalized spacial score (nSPS) is 15.8. The molecule has 0 unspecified atom stereocenters. The highest BCUT2D eigenvalue weighted by atomic mass is 16.4. The first-order valence-electron chi connectivity index (χ1n) is 6.91. The average Bonchev–Trinajstić information content (AvgIpc) is 2.39. The largest absolute Gasteiger partial charge is 0.478 e. The summed E-state index contributed by atoms with van der Waals surface area (Å²) in [4.78, 5) is 22.9. The second-order valence-electron chi connectivity index (χ2n) is 5.28. The molecule has 1 aliphatic heterocycles. The van der Waals surface area contributed by atoms with Gasteiger partial charge in [0.1, 0.15) is 0 Å². The van der Waals surface area contributed by atoms with Crippen LogP contribution in [0.5, 0.6) is 0 Å². The predicted octanol–water partition coefficient (Wildman–Crippen LogP) is 2.02. The van der Waals surface area contributed by atoms with Crippen LogP contribution in [0.1, 0.15) is 35.2 Å². The standard InChI is InChI=1S/C15H20N2O3/c1-10-8-12(2-3-13(10)15(19)20)17-14(18)9-11-4-6-16-7-5-11/h2-3,8,11,16H,4-7,9H2,1H3,(H,17,18)(H,19,20). The SMILES string of the molecule is Cc1cc(NC(=O)CC2CCNCC2)ccc1C(=O)O. The second kappa shape index (κ2) is 6.52. The van der Waals surface area contributed by atoms with Crippen LogP contribution < -0.4 is 10.6 Å². The van der Waals surface area contributed by atoms with Crippen molar-refractivity contribution in [1.82, 2.24) is 5.32 Å². The summed E-state index contributed by atoms with van der Waals surface area (Å²) >= 11 is 0. The lowest BCUT2D eigenvalue weighted by Crippen LogP contribution is -2.30. The number of carbonyl (C=O) groups excluding carboxylic acids is 1. The molecule has 1 aromatic carbocycles. The fraction of sp³-hybridized carbons (Fsp3) is 0.467. The molecule has 5 nitrogen and oxygen atoms in total. The fourth-order valence-electron chi connectivity index (χ4n) is 2.54. The molecule has 1 aromatic rings. The van der Waals surface area contributed by atoms with Crippen molar-refractivity contribution >= 4 is 17.6 Å². The van der Waals surface area contributed by atoms with Gasteiger partial charge in [-0.25, -0.2) is 4.79 Å². The van der Waals surface area contributed by atoms with Gasteiger partial charge in [0.2, 0.25) is 5.91 Å². The van der Waals surface area contributed by atoms with Crippen LogP contribution in [0.25, 0.3) is 0 Å². The van der Waals surface area contributed by atoms with Gasteiger partial charge in [0.15, 0.2) is 0 Å². The van der Waals surface area contributed by atoms with E-state index in [0.717, 1.165) is 25.9 Å². The van der Waals surface area contributed by atoms with Crippen LogP contribution >= 0.6 is 0 Å². The van der Waals surface area contributed by atoms with Gasteiger partial charge in [-0.3, -0.25) is 4.79 Å². The molecule has 1 amide bonds. The summed E-state index contributed by atoms with van der Waals surface area (Å²) in [6, 6.07) is 4.86. The number of anilines is 1. The number of benzene rings is 1. The molecule has 3 N–H and O–H groups in total. The molecule has 1 fully saturated rings. The molecule has 20 heavy (non-hydrogen) atoms. The van der Waals surface area contributed by atoms with Crippen molar-refractivity contribution < 1.29 is 14.7 Å². The van der Waals surface area contributed by atoms with Crippen molar-refractivity contribution in [1.29, 1.82) is 0 Å². The number of carboxylic acids is 1. The predicted molar refractivity (Wildman–Crippen MR) is 77.0 cm³/mol. The summed E-state index contributed by atoms with van der Waals surface area (Å²) in [5.41, 5.74) is 1.57. The second-order valence-corrected chi connectivity index (χ2v) is 5.28. The number of amides is 1. The number of aryl methyl sites for hydroxylation is 1. The van der Waals surface area contributed by atoms with Crippen LogP contribution in [0.3, 0.4) is 0 Å². The van der Waals surface area contributed by atoms with E-state index in [2.05, 4.69) is 10.6 Å². The topological polar surface area (TPSA) is 78.4 Å². The number of aromatic carboxylic acids is 1. The van der Waals surface area contributed by atoms with E-state index < -0.39 is 5.97 Å². The molecular weight excluding hydrogens is 256 g/mol. The summed E-state index contributed by atoms with van der Waals surface area (Å²) in [7, 11) is 0. The van der Waals surface area contributed by atoms with Crippen LogP contribution in [0.15, 0.2) is 18.2 Å². The zero-order valence-electron chi connectivity index (χ0n) is 11.6. The molecular formula is C15H20N2O3. The minimum absolute atomic E-state index is 0.000579. The van der Waals surface area contributed by atoms with E-state index in [1.165, 1.54) is 6.07 Å². The number of carbonyl (C=O) groups is 2. The zero-order valence-corrected chi connectivity index (χ0v) is 11.6. The van der Waals surface area contributed by atoms with E-state index in [9.17, 15) is 9.59 Å². The van der Waals surface area contributed by atoms with Gasteiger partial charge in [-0.05, 0) is 62.5 Å². The molecule has 0 radical (unpaired) electrons. The third-order valence-corrected chi connectivity index (χ3v) is 3.67. The van der Waals surface area contributed by atoms with Crippen LogP contribution in [0, 0.1) is 12.8 Å². The minimum Gasteiger partial charge on any atom is -0.478 e. The number of carboxylic acid groups (broad SMARTS) is 1. The van der Waals surface area contributed by atoms with Crippen molar-refractivity contribution in [2.24, 2.45) is 5.92 Å². The van der Waals surface area contributed by atoms with Crippen molar-refractivity contribution in [3.63, 3.8) is 0 Å². The number of hydrogen-bond donors (Lipinski definition) is 3. The molecule has 1 heterocycles. The molecule has 108 valence electrons. The van der Waals surface area contributed by atoms with E-state index >= 15 is 0 Å². The van der Waals surface area contributed by atoms with E-state index in [0.29, 0.717) is 23.6 Å². The van der Waals surface area contributed by atoms with Gasteiger partial charge >= 0.3 is 5.97 Å². The van der Waals surface area contributed by atoms with Gasteiger partial charge in [0, 0.05) is 12.1 Å². The molecule has 0 bridgehead atoms. The van der Waals surface area contributed by atoms with Gasteiger partial charge < -0.3 is 15.7 Å². The van der Waals surface area contributed by atoms with E-state index in [1.54, 1.807) is 19.1 Å².